The van der Waals surface area contributed by atoms with Gasteiger partial charge in [-0.3, -0.25) is 0 Å². The Morgan fingerprint density at radius 3 is 2.23 bits per heavy atom. The van der Waals surface area contributed by atoms with E-state index in [1.54, 1.807) is 0 Å². The van der Waals surface area contributed by atoms with Crippen LogP contribution in [0.15, 0.2) is 12.7 Å². The van der Waals surface area contributed by atoms with Gasteiger partial charge in [-0.1, -0.05) is 12.1 Å². The Hall–Kier alpha value is -0.123. The van der Waals surface area contributed by atoms with E-state index >= 15 is 0 Å². The van der Waals surface area contributed by atoms with Gasteiger partial charge in [-0.25, -0.2) is 0 Å². The van der Waals surface area contributed by atoms with Gasteiger partial charge >= 0.3 is 0 Å². The summed E-state index contributed by atoms with van der Waals surface area (Å²) in [5.41, 5.74) is -0.257. The summed E-state index contributed by atoms with van der Waals surface area (Å²) in [5, 5.41) is 0. The third-order valence-electron chi connectivity index (χ3n) is 1.94. The maximum Gasteiger partial charge on any atom is 0.142 e. The lowest BCUT2D eigenvalue weighted by Gasteiger charge is -2.29. The molecule has 0 saturated carbocycles. The Bertz CT molecular complexity index is 131. The second kappa shape index (κ2) is 7.30. The van der Waals surface area contributed by atoms with Crippen molar-refractivity contribution in [2.24, 2.45) is 0 Å². The van der Waals surface area contributed by atoms with Gasteiger partial charge < -0.3 is 9.47 Å². The van der Waals surface area contributed by atoms with Crippen LogP contribution in [0, 0.1) is 0 Å². The Morgan fingerprint density at radius 1 is 1.31 bits per heavy atom. The molecule has 0 aromatic rings. The van der Waals surface area contributed by atoms with E-state index in [-0.39, 0.29) is 14.9 Å². The zero-order chi connectivity index (χ0) is 10.2. The summed E-state index contributed by atoms with van der Waals surface area (Å²) < 4.78 is 11.2. The van der Waals surface area contributed by atoms with Crippen LogP contribution in [0.5, 0.6) is 0 Å². The number of hydrogen-bond acceptors (Lipinski definition) is 2. The highest BCUT2D eigenvalue weighted by Gasteiger charge is 2.23. The first-order valence-electron chi connectivity index (χ1n) is 5.07. The van der Waals surface area contributed by atoms with Crippen LogP contribution in [0.1, 0.15) is 27.2 Å². The predicted molar refractivity (Wildman–Crippen MR) is 59.8 cm³/mol. The molecule has 3 heteroatoms. The standard InChI is InChI=1S/C10H22O2Si/c1-5-8-9-13-10(4,11-6-2)12-7-3/h5H,1,6-9,13H2,2-4H3. The largest absolute Gasteiger partial charge is 0.355 e. The van der Waals surface area contributed by atoms with Crippen molar-refractivity contribution in [1.82, 2.24) is 0 Å². The molecule has 0 N–H and O–H groups in total. The second-order valence-electron chi connectivity index (χ2n) is 3.18. The van der Waals surface area contributed by atoms with Crippen molar-refractivity contribution in [3.63, 3.8) is 0 Å². The van der Waals surface area contributed by atoms with E-state index in [0.29, 0.717) is 0 Å². The van der Waals surface area contributed by atoms with Crippen molar-refractivity contribution in [1.29, 1.82) is 0 Å². The molecule has 0 atom stereocenters. The van der Waals surface area contributed by atoms with E-state index in [2.05, 4.69) is 13.5 Å². The zero-order valence-corrected chi connectivity index (χ0v) is 10.6. The van der Waals surface area contributed by atoms with Crippen molar-refractivity contribution in [2.45, 2.75) is 38.6 Å². The molecule has 13 heavy (non-hydrogen) atoms. The minimum Gasteiger partial charge on any atom is -0.355 e. The molecular formula is C10H22O2Si. The molecule has 0 spiro atoms. The lowest BCUT2D eigenvalue weighted by Crippen LogP contribution is -2.39. The molecule has 0 rings (SSSR count). The number of hydrogen-bond donors (Lipinski definition) is 0. The molecule has 0 aromatic heterocycles. The van der Waals surface area contributed by atoms with E-state index < -0.39 is 0 Å². The van der Waals surface area contributed by atoms with Crippen LogP contribution in [0.4, 0.5) is 0 Å². The highest BCUT2D eigenvalue weighted by atomic mass is 28.2. The SMILES string of the molecule is C=CCC[SiH2]C(C)(OCC)OCC. The highest BCUT2D eigenvalue weighted by Crippen LogP contribution is 2.13. The molecule has 0 saturated heterocycles. The van der Waals surface area contributed by atoms with Crippen LogP contribution >= 0.6 is 0 Å². The quantitative estimate of drug-likeness (QED) is 0.259. The van der Waals surface area contributed by atoms with Crippen LogP contribution in [-0.2, 0) is 9.47 Å². The van der Waals surface area contributed by atoms with Gasteiger partial charge in [0.2, 0.25) is 0 Å². The van der Waals surface area contributed by atoms with Crippen LogP contribution in [0.3, 0.4) is 0 Å². The fraction of sp³-hybridized carbons (Fsp3) is 0.800. The minimum absolute atomic E-state index is 0.257. The summed E-state index contributed by atoms with van der Waals surface area (Å²) in [6.07, 6.45) is 3.05. The topological polar surface area (TPSA) is 18.5 Å². The summed E-state index contributed by atoms with van der Waals surface area (Å²) in [5.74, 6) is 0. The average Bonchev–Trinajstić information content (AvgIpc) is 2.05. The van der Waals surface area contributed by atoms with E-state index in [4.69, 9.17) is 9.47 Å². The molecule has 0 unspecified atom stereocenters. The van der Waals surface area contributed by atoms with Crippen molar-refractivity contribution in [2.75, 3.05) is 13.2 Å². The predicted octanol–water partition coefficient (Wildman–Crippen LogP) is 1.90. The summed E-state index contributed by atoms with van der Waals surface area (Å²) in [6, 6.07) is 1.21. The van der Waals surface area contributed by atoms with Gasteiger partial charge in [-0.15, -0.1) is 6.58 Å². The first-order chi connectivity index (χ1) is 6.18. The van der Waals surface area contributed by atoms with E-state index in [9.17, 15) is 0 Å². The van der Waals surface area contributed by atoms with Gasteiger partial charge in [0.25, 0.3) is 0 Å². The molecule has 78 valence electrons. The lowest BCUT2D eigenvalue weighted by atomic mass is 10.5. The fourth-order valence-electron chi connectivity index (χ4n) is 1.36. The summed E-state index contributed by atoms with van der Waals surface area (Å²) in [4.78, 5) is 0. The first-order valence-corrected chi connectivity index (χ1v) is 6.78. The monoisotopic (exact) mass is 202 g/mol. The molecule has 0 bridgehead atoms. The number of allylic oxidation sites excluding steroid dienone is 1. The van der Waals surface area contributed by atoms with Crippen LogP contribution in [-0.4, -0.2) is 28.1 Å². The molecule has 2 nitrogen and oxygen atoms in total. The molecule has 0 radical (unpaired) electrons. The Kier molecular flexibility index (Phi) is 7.23. The van der Waals surface area contributed by atoms with Crippen LogP contribution < -0.4 is 0 Å². The summed E-state index contributed by atoms with van der Waals surface area (Å²) >= 11 is 0. The van der Waals surface area contributed by atoms with Gasteiger partial charge in [-0.2, -0.15) is 0 Å². The van der Waals surface area contributed by atoms with E-state index in [0.717, 1.165) is 19.6 Å². The normalized spacial score (nSPS) is 12.5. The average molecular weight is 202 g/mol. The minimum atomic E-state index is -0.320. The molecular weight excluding hydrogens is 180 g/mol. The lowest BCUT2D eigenvalue weighted by molar-refractivity contribution is -0.163. The highest BCUT2D eigenvalue weighted by molar-refractivity contribution is 6.38. The van der Waals surface area contributed by atoms with Gasteiger partial charge in [0.1, 0.15) is 5.41 Å². The fourth-order valence-corrected chi connectivity index (χ4v) is 3.20. The van der Waals surface area contributed by atoms with Crippen molar-refractivity contribution < 1.29 is 9.47 Å². The molecule has 0 fully saturated rings. The van der Waals surface area contributed by atoms with Gasteiger partial charge in [-0.05, 0) is 27.2 Å². The molecule has 0 aromatic carbocycles. The summed E-state index contributed by atoms with van der Waals surface area (Å²) in [6.45, 7) is 11.3. The van der Waals surface area contributed by atoms with Crippen molar-refractivity contribution in [3.8, 4) is 0 Å². The Labute approximate surface area is 84.1 Å². The molecule has 0 heterocycles. The first kappa shape index (κ1) is 12.9. The van der Waals surface area contributed by atoms with Crippen molar-refractivity contribution >= 4 is 9.52 Å². The smallest absolute Gasteiger partial charge is 0.142 e. The molecule has 0 amide bonds. The van der Waals surface area contributed by atoms with E-state index in [1.807, 2.05) is 19.9 Å². The number of ether oxygens (including phenoxy) is 2. The van der Waals surface area contributed by atoms with Crippen molar-refractivity contribution in [3.05, 3.63) is 12.7 Å². The van der Waals surface area contributed by atoms with Crippen LogP contribution in [0.25, 0.3) is 0 Å². The Balaban J connectivity index is 3.83. The zero-order valence-electron chi connectivity index (χ0n) is 9.14. The second-order valence-corrected chi connectivity index (χ2v) is 5.67. The Morgan fingerprint density at radius 2 is 1.85 bits per heavy atom. The molecule has 0 aliphatic rings. The maximum absolute atomic E-state index is 5.62. The van der Waals surface area contributed by atoms with Crippen LogP contribution in [0.2, 0.25) is 6.04 Å². The van der Waals surface area contributed by atoms with E-state index in [1.165, 1.54) is 6.04 Å². The summed E-state index contributed by atoms with van der Waals surface area (Å²) in [7, 11) is -0.320. The van der Waals surface area contributed by atoms with Gasteiger partial charge in [0, 0.05) is 13.2 Å². The third-order valence-corrected chi connectivity index (χ3v) is 4.02. The number of rotatable bonds is 8. The maximum atomic E-state index is 5.62. The van der Waals surface area contributed by atoms with Gasteiger partial charge in [0.15, 0.2) is 0 Å². The van der Waals surface area contributed by atoms with Gasteiger partial charge in [0.05, 0.1) is 9.52 Å². The third kappa shape index (κ3) is 6.02. The molecule has 0 aliphatic carbocycles. The molecule has 0 aliphatic heterocycles.